The van der Waals surface area contributed by atoms with E-state index in [0.717, 1.165) is 79.7 Å². The zero-order valence-electron chi connectivity index (χ0n) is 20.1. The van der Waals surface area contributed by atoms with Crippen molar-refractivity contribution in [3.8, 4) is 11.4 Å². The molecule has 0 N–H and O–H groups in total. The van der Waals surface area contributed by atoms with E-state index in [4.69, 9.17) is 14.8 Å². The van der Waals surface area contributed by atoms with Gasteiger partial charge in [0.05, 0.1) is 24.8 Å². The maximum Gasteiger partial charge on any atom is 0.219 e. The Morgan fingerprint density at radius 2 is 1.97 bits per heavy atom. The molecule has 0 radical (unpaired) electrons. The number of hydrogen-bond donors (Lipinski definition) is 0. The number of nitrogens with zero attached hydrogens (tertiary/aromatic N) is 6. The summed E-state index contributed by atoms with van der Waals surface area (Å²) in [5.74, 6) is 3.82. The van der Waals surface area contributed by atoms with Crippen molar-refractivity contribution in [3.05, 3.63) is 53.6 Å². The highest BCUT2D eigenvalue weighted by molar-refractivity contribution is 5.73. The highest BCUT2D eigenvalue weighted by atomic mass is 16.5. The summed E-state index contributed by atoms with van der Waals surface area (Å²) in [5, 5.41) is 4.78. The first-order chi connectivity index (χ1) is 16.5. The molecule has 0 bridgehead atoms. The smallest absolute Gasteiger partial charge is 0.219 e. The van der Waals surface area contributed by atoms with Crippen LogP contribution < -0.4 is 4.74 Å². The van der Waals surface area contributed by atoms with Crippen LogP contribution in [-0.4, -0.2) is 55.3 Å². The second-order valence-corrected chi connectivity index (χ2v) is 9.33. The molecule has 2 aliphatic heterocycles. The topological polar surface area (TPSA) is 78.1 Å². The Kier molecular flexibility index (Phi) is 6.22. The van der Waals surface area contributed by atoms with Crippen molar-refractivity contribution in [2.24, 2.45) is 5.92 Å². The van der Waals surface area contributed by atoms with E-state index in [2.05, 4.69) is 15.7 Å². The number of piperidine rings is 1. The number of likely N-dealkylation sites (tertiary alicyclic amines) is 1. The zero-order valence-corrected chi connectivity index (χ0v) is 20.1. The molecule has 1 fully saturated rings. The van der Waals surface area contributed by atoms with Crippen molar-refractivity contribution in [2.45, 2.75) is 52.0 Å². The molecule has 5 rings (SSSR count). The largest absolute Gasteiger partial charge is 0.495 e. The molecular formula is C26H32N6O2. The second-order valence-electron chi connectivity index (χ2n) is 9.33. The number of amides is 1. The van der Waals surface area contributed by atoms with Gasteiger partial charge in [-0.25, -0.2) is 14.6 Å². The standard InChI is InChI=1S/C26H32N6O2/c1-18-16-31(17-27-18)23-8-6-20(15-24(23)34-3)7-9-25-28-26-22(5-4-12-32(26)29-25)21-10-13-30(14-11-21)19(2)33/h6-9,15-17,21-22H,4-5,10-14H2,1-3H3/b9-7+/t22-/m1/s1. The maximum atomic E-state index is 11.7. The number of ether oxygens (including phenoxy) is 1. The van der Waals surface area contributed by atoms with Gasteiger partial charge in [-0.15, -0.1) is 0 Å². The number of imidazole rings is 1. The van der Waals surface area contributed by atoms with Crippen LogP contribution in [0.5, 0.6) is 5.75 Å². The van der Waals surface area contributed by atoms with Crippen LogP contribution in [0.2, 0.25) is 0 Å². The molecule has 1 amide bonds. The van der Waals surface area contributed by atoms with Crippen LogP contribution in [-0.2, 0) is 11.3 Å². The monoisotopic (exact) mass is 460 g/mol. The third-order valence-electron chi connectivity index (χ3n) is 7.11. The Morgan fingerprint density at radius 3 is 2.68 bits per heavy atom. The summed E-state index contributed by atoms with van der Waals surface area (Å²) in [5.41, 5.74) is 2.94. The van der Waals surface area contributed by atoms with Crippen molar-refractivity contribution in [2.75, 3.05) is 20.2 Å². The predicted octanol–water partition coefficient (Wildman–Crippen LogP) is 4.09. The number of methoxy groups -OCH3 is 1. The first-order valence-corrected chi connectivity index (χ1v) is 12.1. The molecule has 1 saturated heterocycles. The van der Waals surface area contributed by atoms with E-state index in [-0.39, 0.29) is 5.91 Å². The molecule has 0 spiro atoms. The van der Waals surface area contributed by atoms with E-state index >= 15 is 0 Å². The van der Waals surface area contributed by atoms with Crippen molar-refractivity contribution in [1.82, 2.24) is 29.2 Å². The zero-order chi connectivity index (χ0) is 23.7. The quantitative estimate of drug-likeness (QED) is 0.573. The average molecular weight is 461 g/mol. The number of carbonyl (C=O) groups excluding carboxylic acids is 1. The fourth-order valence-corrected chi connectivity index (χ4v) is 5.27. The van der Waals surface area contributed by atoms with Crippen LogP contribution in [0.3, 0.4) is 0 Å². The van der Waals surface area contributed by atoms with Gasteiger partial charge in [-0.2, -0.15) is 5.10 Å². The number of benzene rings is 1. The van der Waals surface area contributed by atoms with E-state index < -0.39 is 0 Å². The van der Waals surface area contributed by atoms with Crippen molar-refractivity contribution >= 4 is 18.1 Å². The van der Waals surface area contributed by atoms with Crippen LogP contribution in [0.15, 0.2) is 30.7 Å². The minimum absolute atomic E-state index is 0.183. The van der Waals surface area contributed by atoms with E-state index in [1.165, 1.54) is 0 Å². The number of fused-ring (bicyclic) bond motifs is 1. The number of rotatable bonds is 5. The fourth-order valence-electron chi connectivity index (χ4n) is 5.27. The Hall–Kier alpha value is -3.42. The number of carbonyl (C=O) groups is 1. The van der Waals surface area contributed by atoms with Crippen molar-refractivity contribution < 1.29 is 9.53 Å². The van der Waals surface area contributed by atoms with E-state index in [1.807, 2.05) is 46.9 Å². The Morgan fingerprint density at radius 1 is 1.15 bits per heavy atom. The van der Waals surface area contributed by atoms with Gasteiger partial charge in [0.2, 0.25) is 5.91 Å². The molecule has 178 valence electrons. The normalized spacial score (nSPS) is 18.9. The van der Waals surface area contributed by atoms with Gasteiger partial charge in [0.25, 0.3) is 0 Å². The molecule has 1 atom stereocenters. The summed E-state index contributed by atoms with van der Waals surface area (Å²) in [6.45, 7) is 6.27. The van der Waals surface area contributed by atoms with Gasteiger partial charge < -0.3 is 14.2 Å². The highest BCUT2D eigenvalue weighted by Crippen LogP contribution is 2.38. The summed E-state index contributed by atoms with van der Waals surface area (Å²) < 4.78 is 9.69. The van der Waals surface area contributed by atoms with E-state index in [9.17, 15) is 4.79 Å². The average Bonchev–Trinajstić information content (AvgIpc) is 3.48. The lowest BCUT2D eigenvalue weighted by molar-refractivity contribution is -0.130. The molecule has 8 heteroatoms. The van der Waals surface area contributed by atoms with Gasteiger partial charge in [-0.05, 0) is 62.3 Å². The predicted molar refractivity (Wildman–Crippen MR) is 131 cm³/mol. The van der Waals surface area contributed by atoms with E-state index in [1.54, 1.807) is 20.4 Å². The van der Waals surface area contributed by atoms with Gasteiger partial charge in [-0.1, -0.05) is 12.1 Å². The SMILES string of the molecule is COc1cc(/C=C/c2nc3n(n2)CCC[C@@H]3C2CCN(C(C)=O)CC2)ccc1-n1cnc(C)c1. The third-order valence-corrected chi connectivity index (χ3v) is 7.11. The number of aryl methyl sites for hydroxylation is 2. The van der Waals surface area contributed by atoms with Gasteiger partial charge >= 0.3 is 0 Å². The minimum atomic E-state index is 0.183. The third kappa shape index (κ3) is 4.49. The van der Waals surface area contributed by atoms with Crippen LogP contribution in [0.4, 0.5) is 0 Å². The first kappa shape index (κ1) is 22.4. The highest BCUT2D eigenvalue weighted by Gasteiger charge is 2.33. The molecule has 2 aliphatic rings. The molecule has 34 heavy (non-hydrogen) atoms. The molecule has 2 aromatic heterocycles. The Bertz CT molecular complexity index is 1200. The Labute approximate surface area is 200 Å². The molecule has 0 aliphatic carbocycles. The first-order valence-electron chi connectivity index (χ1n) is 12.1. The van der Waals surface area contributed by atoms with Crippen molar-refractivity contribution in [1.29, 1.82) is 0 Å². The van der Waals surface area contributed by atoms with Crippen LogP contribution in [0.1, 0.15) is 61.4 Å². The second kappa shape index (κ2) is 9.44. The lowest BCUT2D eigenvalue weighted by Gasteiger charge is -2.36. The molecule has 1 aromatic carbocycles. The lowest BCUT2D eigenvalue weighted by Crippen LogP contribution is -2.39. The molecule has 0 unspecified atom stereocenters. The summed E-state index contributed by atoms with van der Waals surface area (Å²) >= 11 is 0. The summed E-state index contributed by atoms with van der Waals surface area (Å²) in [6.07, 6.45) is 12.2. The number of aromatic nitrogens is 5. The van der Waals surface area contributed by atoms with E-state index in [0.29, 0.717) is 11.8 Å². The molecule has 0 saturated carbocycles. The van der Waals surface area contributed by atoms with Gasteiger partial charge in [0, 0.05) is 38.7 Å². The Balaban J connectivity index is 1.32. The summed E-state index contributed by atoms with van der Waals surface area (Å²) in [7, 11) is 1.68. The number of hydrogen-bond acceptors (Lipinski definition) is 5. The minimum Gasteiger partial charge on any atom is -0.495 e. The molecule has 3 aromatic rings. The van der Waals surface area contributed by atoms with Gasteiger partial charge in [0.1, 0.15) is 11.6 Å². The van der Waals surface area contributed by atoms with Gasteiger partial charge in [0.15, 0.2) is 5.82 Å². The fraction of sp³-hybridized carbons (Fsp3) is 0.462. The van der Waals surface area contributed by atoms with Crippen LogP contribution >= 0.6 is 0 Å². The summed E-state index contributed by atoms with van der Waals surface area (Å²) in [6, 6.07) is 6.11. The summed E-state index contributed by atoms with van der Waals surface area (Å²) in [4.78, 5) is 22.9. The van der Waals surface area contributed by atoms with Crippen LogP contribution in [0.25, 0.3) is 17.8 Å². The molecule has 4 heterocycles. The lowest BCUT2D eigenvalue weighted by atomic mass is 9.80. The van der Waals surface area contributed by atoms with Crippen molar-refractivity contribution in [3.63, 3.8) is 0 Å². The maximum absolute atomic E-state index is 11.7. The molecule has 8 nitrogen and oxygen atoms in total. The van der Waals surface area contributed by atoms with Gasteiger partial charge in [-0.3, -0.25) is 4.79 Å². The molecular weight excluding hydrogens is 428 g/mol. The van der Waals surface area contributed by atoms with Crippen LogP contribution in [0, 0.1) is 12.8 Å².